The summed E-state index contributed by atoms with van der Waals surface area (Å²) in [5, 5.41) is 12.4. The molecule has 0 fully saturated rings. The largest absolute Gasteiger partial charge is 0.365 e. The van der Waals surface area contributed by atoms with Crippen LogP contribution in [0.1, 0.15) is 28.1 Å². The summed E-state index contributed by atoms with van der Waals surface area (Å²) in [6.07, 6.45) is 1.83. The lowest BCUT2D eigenvalue weighted by atomic mass is 10.1. The van der Waals surface area contributed by atoms with Crippen LogP contribution in [-0.4, -0.2) is 9.97 Å². The fraction of sp³-hybridized carbons (Fsp3) is 0.267. The van der Waals surface area contributed by atoms with Gasteiger partial charge in [-0.3, -0.25) is 4.98 Å². The number of hydrogen-bond acceptors (Lipinski definition) is 4. The Morgan fingerprint density at radius 1 is 1.21 bits per heavy atom. The Labute approximate surface area is 113 Å². The van der Waals surface area contributed by atoms with E-state index in [0.29, 0.717) is 17.9 Å². The molecule has 0 saturated carbocycles. The lowest BCUT2D eigenvalue weighted by Crippen LogP contribution is -2.06. The predicted molar refractivity (Wildman–Crippen MR) is 74.7 cm³/mol. The zero-order valence-corrected chi connectivity index (χ0v) is 11.4. The van der Waals surface area contributed by atoms with E-state index in [1.807, 2.05) is 45.2 Å². The summed E-state index contributed by atoms with van der Waals surface area (Å²) in [6.45, 7) is 6.41. The smallest absolute Gasteiger partial charge is 0.144 e. The lowest BCUT2D eigenvalue weighted by molar-refractivity contribution is 1.05. The lowest BCUT2D eigenvalue weighted by Gasteiger charge is -2.10. The highest BCUT2D eigenvalue weighted by Crippen LogP contribution is 2.18. The molecular formula is C15H16N4. The molecule has 96 valence electrons. The molecule has 0 spiro atoms. The molecule has 2 heterocycles. The second-order valence-electron chi connectivity index (χ2n) is 4.58. The highest BCUT2D eigenvalue weighted by atomic mass is 15.0. The first kappa shape index (κ1) is 13.0. The summed E-state index contributed by atoms with van der Waals surface area (Å²) >= 11 is 0. The number of aryl methyl sites for hydroxylation is 3. The first-order chi connectivity index (χ1) is 9.10. The van der Waals surface area contributed by atoms with E-state index in [1.165, 1.54) is 0 Å². The number of nitrogens with zero attached hydrogens (tertiary/aromatic N) is 3. The zero-order chi connectivity index (χ0) is 13.8. The summed E-state index contributed by atoms with van der Waals surface area (Å²) in [5.74, 6) is 0.639. The van der Waals surface area contributed by atoms with E-state index in [0.717, 1.165) is 22.5 Å². The normalized spacial score (nSPS) is 10.0. The second-order valence-corrected chi connectivity index (χ2v) is 4.58. The van der Waals surface area contributed by atoms with E-state index < -0.39 is 0 Å². The Kier molecular flexibility index (Phi) is 3.76. The van der Waals surface area contributed by atoms with Crippen molar-refractivity contribution in [3.8, 4) is 6.07 Å². The number of rotatable bonds is 3. The van der Waals surface area contributed by atoms with Crippen LogP contribution in [0.3, 0.4) is 0 Å². The van der Waals surface area contributed by atoms with Crippen molar-refractivity contribution < 1.29 is 0 Å². The average molecular weight is 252 g/mol. The molecule has 0 aliphatic heterocycles. The molecule has 0 aliphatic rings. The third-order valence-corrected chi connectivity index (χ3v) is 2.89. The number of anilines is 1. The monoisotopic (exact) mass is 252 g/mol. The second kappa shape index (κ2) is 5.49. The van der Waals surface area contributed by atoms with Gasteiger partial charge in [0, 0.05) is 24.1 Å². The van der Waals surface area contributed by atoms with E-state index in [1.54, 1.807) is 0 Å². The Morgan fingerprint density at radius 2 is 2.00 bits per heavy atom. The number of hydrogen-bond donors (Lipinski definition) is 1. The fourth-order valence-corrected chi connectivity index (χ4v) is 1.89. The molecule has 0 unspecified atom stereocenters. The minimum Gasteiger partial charge on any atom is -0.365 e. The van der Waals surface area contributed by atoms with Gasteiger partial charge in [-0.05, 0) is 44.0 Å². The molecule has 4 heteroatoms. The van der Waals surface area contributed by atoms with Gasteiger partial charge in [-0.2, -0.15) is 5.26 Å². The van der Waals surface area contributed by atoms with Crippen LogP contribution in [-0.2, 0) is 6.54 Å². The van der Waals surface area contributed by atoms with Gasteiger partial charge in [0.2, 0.25) is 0 Å². The molecule has 2 rings (SSSR count). The molecule has 1 N–H and O–H groups in total. The molecule has 0 aliphatic carbocycles. The number of aromatic nitrogens is 2. The minimum atomic E-state index is 0.602. The number of pyridine rings is 2. The maximum Gasteiger partial charge on any atom is 0.144 e. The SMILES string of the molecule is Cc1ccc(CNc2nc(C)cc(C)c2C#N)cn1. The highest BCUT2D eigenvalue weighted by Gasteiger charge is 2.08. The summed E-state index contributed by atoms with van der Waals surface area (Å²) in [4.78, 5) is 8.63. The standard InChI is InChI=1S/C15H16N4/c1-10-6-12(3)19-15(14(10)7-16)18-9-13-5-4-11(2)17-8-13/h4-6,8H,9H2,1-3H3,(H,18,19). The van der Waals surface area contributed by atoms with Gasteiger partial charge < -0.3 is 5.32 Å². The first-order valence-corrected chi connectivity index (χ1v) is 6.14. The van der Waals surface area contributed by atoms with Crippen molar-refractivity contribution in [2.45, 2.75) is 27.3 Å². The maximum atomic E-state index is 9.18. The van der Waals surface area contributed by atoms with Crippen LogP contribution in [0.4, 0.5) is 5.82 Å². The van der Waals surface area contributed by atoms with Gasteiger partial charge in [0.05, 0.1) is 5.56 Å². The van der Waals surface area contributed by atoms with Crippen LogP contribution >= 0.6 is 0 Å². The third kappa shape index (κ3) is 3.08. The Balaban J connectivity index is 2.20. The average Bonchev–Trinajstić information content (AvgIpc) is 2.37. The van der Waals surface area contributed by atoms with Crippen LogP contribution in [0.25, 0.3) is 0 Å². The molecule has 0 saturated heterocycles. The van der Waals surface area contributed by atoms with Crippen LogP contribution in [0.2, 0.25) is 0 Å². The van der Waals surface area contributed by atoms with E-state index in [-0.39, 0.29) is 0 Å². The van der Waals surface area contributed by atoms with Crippen LogP contribution in [0, 0.1) is 32.1 Å². The topological polar surface area (TPSA) is 61.6 Å². The molecule has 0 bridgehead atoms. The Bertz CT molecular complexity index is 624. The first-order valence-electron chi connectivity index (χ1n) is 6.14. The highest BCUT2D eigenvalue weighted by molar-refractivity contribution is 5.56. The summed E-state index contributed by atoms with van der Waals surface area (Å²) in [7, 11) is 0. The number of nitriles is 1. The van der Waals surface area contributed by atoms with Crippen molar-refractivity contribution in [3.63, 3.8) is 0 Å². The van der Waals surface area contributed by atoms with Crippen LogP contribution in [0.15, 0.2) is 24.4 Å². The van der Waals surface area contributed by atoms with Gasteiger partial charge in [0.15, 0.2) is 0 Å². The molecule has 0 aromatic carbocycles. The van der Waals surface area contributed by atoms with Crippen molar-refractivity contribution in [3.05, 3.63) is 52.5 Å². The van der Waals surface area contributed by atoms with Gasteiger partial charge in [0.1, 0.15) is 11.9 Å². The molecule has 0 amide bonds. The fourth-order valence-electron chi connectivity index (χ4n) is 1.89. The van der Waals surface area contributed by atoms with E-state index in [9.17, 15) is 5.26 Å². The van der Waals surface area contributed by atoms with E-state index >= 15 is 0 Å². The summed E-state index contributed by atoms with van der Waals surface area (Å²) in [6, 6.07) is 8.10. The molecule has 19 heavy (non-hydrogen) atoms. The zero-order valence-electron chi connectivity index (χ0n) is 11.4. The van der Waals surface area contributed by atoms with Crippen molar-refractivity contribution in [2.24, 2.45) is 0 Å². The maximum absolute atomic E-state index is 9.18. The molecule has 2 aromatic rings. The van der Waals surface area contributed by atoms with Crippen molar-refractivity contribution >= 4 is 5.82 Å². The third-order valence-electron chi connectivity index (χ3n) is 2.89. The van der Waals surface area contributed by atoms with Crippen LogP contribution in [0.5, 0.6) is 0 Å². The van der Waals surface area contributed by atoms with Gasteiger partial charge in [0.25, 0.3) is 0 Å². The summed E-state index contributed by atoms with van der Waals surface area (Å²) < 4.78 is 0. The van der Waals surface area contributed by atoms with Gasteiger partial charge in [-0.25, -0.2) is 4.98 Å². The van der Waals surface area contributed by atoms with Gasteiger partial charge in [-0.15, -0.1) is 0 Å². The van der Waals surface area contributed by atoms with E-state index in [4.69, 9.17) is 0 Å². The molecule has 0 radical (unpaired) electrons. The molecular weight excluding hydrogens is 236 g/mol. The Morgan fingerprint density at radius 3 is 2.63 bits per heavy atom. The summed E-state index contributed by atoms with van der Waals surface area (Å²) in [5.41, 5.74) is 4.51. The van der Waals surface area contributed by atoms with Gasteiger partial charge >= 0.3 is 0 Å². The quantitative estimate of drug-likeness (QED) is 0.912. The molecule has 4 nitrogen and oxygen atoms in total. The Hall–Kier alpha value is -2.41. The van der Waals surface area contributed by atoms with Crippen molar-refractivity contribution in [1.82, 2.24) is 9.97 Å². The molecule has 0 atom stereocenters. The van der Waals surface area contributed by atoms with Crippen LogP contribution < -0.4 is 5.32 Å². The van der Waals surface area contributed by atoms with Crippen molar-refractivity contribution in [2.75, 3.05) is 5.32 Å². The van der Waals surface area contributed by atoms with Crippen molar-refractivity contribution in [1.29, 1.82) is 5.26 Å². The van der Waals surface area contributed by atoms with Gasteiger partial charge in [-0.1, -0.05) is 6.07 Å². The minimum absolute atomic E-state index is 0.602. The predicted octanol–water partition coefficient (Wildman–Crippen LogP) is 2.89. The number of nitrogens with one attached hydrogen (secondary N) is 1. The molecule has 2 aromatic heterocycles. The van der Waals surface area contributed by atoms with E-state index in [2.05, 4.69) is 21.4 Å².